The summed E-state index contributed by atoms with van der Waals surface area (Å²) < 4.78 is 4.80. The Hall–Kier alpha value is -14.3. The van der Waals surface area contributed by atoms with E-state index in [1.807, 2.05) is 82.3 Å². The molecule has 11 amide bonds. The number of nitrogens with two attached hydrogens (primary N) is 9. The first-order valence-electron chi connectivity index (χ1n) is 40.2. The fraction of sp³-hybridized carbons (Fsp3) is 0.372. The Morgan fingerprint density at radius 2 is 0.881 bits per heavy atom. The summed E-state index contributed by atoms with van der Waals surface area (Å²) in [5.74, 6) is -3.85. The highest BCUT2D eigenvalue weighted by Crippen LogP contribution is 2.36. The van der Waals surface area contributed by atoms with Crippen molar-refractivity contribution in [3.05, 3.63) is 238 Å². The van der Waals surface area contributed by atoms with E-state index in [0.717, 1.165) is 16.7 Å². The lowest BCUT2D eigenvalue weighted by Gasteiger charge is -2.24. The van der Waals surface area contributed by atoms with Gasteiger partial charge in [-0.15, -0.1) is 0 Å². The summed E-state index contributed by atoms with van der Waals surface area (Å²) in [5.41, 5.74) is 65.1. The van der Waals surface area contributed by atoms with E-state index in [2.05, 4.69) is 26.0 Å². The molecule has 40 heteroatoms. The summed E-state index contributed by atoms with van der Waals surface area (Å²) in [4.78, 5) is 179. The lowest BCUT2D eigenvalue weighted by Crippen LogP contribution is -2.45. The number of hydrogen-bond donors (Lipinski definition) is 9. The number of halogens is 1. The second-order valence-electron chi connectivity index (χ2n) is 29.3. The normalized spacial score (nSPS) is 17.0. The number of carbonyl (C=O) groups is 12. The Morgan fingerprint density at radius 1 is 0.500 bits per heavy atom. The Bertz CT molecular complexity index is 5020. The number of primary amides is 6. The summed E-state index contributed by atoms with van der Waals surface area (Å²) in [6.07, 6.45) is 8.60. The van der Waals surface area contributed by atoms with Crippen molar-refractivity contribution in [2.45, 2.75) is 167 Å². The number of allylic oxidation sites excluding steroid dienone is 1. The summed E-state index contributed by atoms with van der Waals surface area (Å²) in [6, 6.07) is 37.1. The molecule has 18 N–H and O–H groups in total. The summed E-state index contributed by atoms with van der Waals surface area (Å²) in [6.45, 7) is 14.7. The number of anilines is 2. The molecular formula is C86H107BrN20O19. The van der Waals surface area contributed by atoms with Crippen LogP contribution in [0.4, 0.5) is 34.1 Å². The molecule has 39 nitrogen and oxygen atoms in total. The molecule has 0 aliphatic carbocycles. The average molecular weight is 1800 g/mol. The number of non-ortho nitro benzene ring substituents is 3. The molecule has 3 fully saturated rings. The molecule has 6 aromatic carbocycles. The van der Waals surface area contributed by atoms with Crippen LogP contribution in [0, 0.1) is 30.3 Å². The lowest BCUT2D eigenvalue weighted by molar-refractivity contribution is -0.385. The van der Waals surface area contributed by atoms with Crippen LogP contribution in [-0.2, 0) is 62.3 Å². The van der Waals surface area contributed by atoms with Crippen LogP contribution >= 0.6 is 15.9 Å². The minimum absolute atomic E-state index is 0.0109. The van der Waals surface area contributed by atoms with Crippen LogP contribution in [0.25, 0.3) is 27.2 Å². The van der Waals surface area contributed by atoms with E-state index in [1.54, 1.807) is 96.3 Å². The summed E-state index contributed by atoms with van der Waals surface area (Å²) >= 11 is 3.25. The Morgan fingerprint density at radius 3 is 1.24 bits per heavy atom. The number of esters is 1. The highest BCUT2D eigenvalue weighted by Gasteiger charge is 2.40. The van der Waals surface area contributed by atoms with Crippen molar-refractivity contribution in [1.82, 2.24) is 24.5 Å². The minimum Gasteiger partial charge on any atom is -0.463 e. The standard InChI is InChI=1S/C14H17N5O2.2C14H15N3O4.2C14H19N3O2.C12H12BrNO4.C4H10N2O/c1-2-12(14(15)21)19-8-10(7-13(19)20)9-4-3-5-11(6-9)17-18-16;2*1-2-12(14(15)19)16-8-10(7-13(16)18)9-4-3-5-11(6-9)17(20)21;2*1-2-12(14(16)19)17-8-10(7-13(17)18)9-4-3-5-11(15)6-9;1-2-18-12(15)7-10(8-13)9-4-3-5-11(6-9)14(16)17;1-2-3(5)4(6)7/h3-6,10,12H,2,7-8H2,1H3,(H2,15,21);3-6,8,12H,2,7H2,1H3,(H2,15,19);3-7,12H,2,8H2,1H3,(H2,15,19);2*3-6,10,12H,2,7-8,15H2,1H3,(H2,16,19);3-7H,2,8H2,1H3;3H,2,5H2,1H3,(H2,6,7)/b;;;;;10-7+;/t10?,12-;2*12-;2*10?,12-;;3-/m00000.0/s1. The van der Waals surface area contributed by atoms with Gasteiger partial charge in [0.05, 0.1) is 33.8 Å². The van der Waals surface area contributed by atoms with Crippen molar-refractivity contribution < 1.29 is 77.0 Å². The first-order chi connectivity index (χ1) is 59.7. The smallest absolute Gasteiger partial charge is 0.331 e. The zero-order valence-corrected chi connectivity index (χ0v) is 72.4. The van der Waals surface area contributed by atoms with Gasteiger partial charge in [0.15, 0.2) is 0 Å². The third-order valence-corrected chi connectivity index (χ3v) is 21.4. The maximum absolute atomic E-state index is 12.1. The van der Waals surface area contributed by atoms with Crippen molar-refractivity contribution in [3.63, 3.8) is 0 Å². The van der Waals surface area contributed by atoms with Crippen molar-refractivity contribution in [2.24, 2.45) is 45.2 Å². The molecule has 9 atom stereocenters. The van der Waals surface area contributed by atoms with Gasteiger partial charge in [0.25, 0.3) is 17.1 Å². The van der Waals surface area contributed by atoms with Gasteiger partial charge < -0.3 is 80.8 Å². The molecule has 5 aliphatic rings. The van der Waals surface area contributed by atoms with E-state index in [9.17, 15) is 87.9 Å². The molecule has 11 rings (SSSR count). The maximum atomic E-state index is 12.1. The number of hydrogen-bond acceptors (Lipinski definition) is 23. The van der Waals surface area contributed by atoms with Gasteiger partial charge in [-0.3, -0.25) is 83.1 Å². The molecule has 6 aromatic rings. The zero-order chi connectivity index (χ0) is 93.9. The molecule has 3 unspecified atom stereocenters. The summed E-state index contributed by atoms with van der Waals surface area (Å²) in [5, 5.41) is 36.2. The number of rotatable bonds is 30. The fourth-order valence-corrected chi connectivity index (χ4v) is 14.7. The quantitative estimate of drug-likeness (QED) is 0.00234. The zero-order valence-electron chi connectivity index (χ0n) is 70.8. The van der Waals surface area contributed by atoms with Crippen molar-refractivity contribution in [2.75, 3.05) is 49.6 Å². The van der Waals surface area contributed by atoms with Crippen LogP contribution in [-0.4, -0.2) is 185 Å². The van der Waals surface area contributed by atoms with Crippen molar-refractivity contribution in [3.8, 4) is 0 Å². The van der Waals surface area contributed by atoms with Crippen molar-refractivity contribution in [1.29, 1.82) is 0 Å². The molecule has 0 aromatic heterocycles. The van der Waals surface area contributed by atoms with Gasteiger partial charge in [-0.25, -0.2) is 4.79 Å². The SMILES string of the molecule is CCOC(=O)/C=C(\CBr)c1cccc([N+](=O)[O-])c1.CC[C@@H](C(N)=O)N1C=C(c2cccc([N+](=O)[O-])c2)CC1=O.CC[C@@H](C(N)=O)N1CC(c2cccc(N)c2)CC1=O.CC[C@@H](C(N)=O)N1CC(c2cccc(N)c2)CC1=O.CC[C@@H](C(N)=O)N1CC(c2cccc(N=[N+]=[N-])c2)CC1=O.CC[C@@H](C(N)=O)N1CC(c2cccc([N+](=O)[O-])c2)=CC1=O.CC[C@H](N)C(N)=O. The number of amides is 11. The Kier molecular flexibility index (Phi) is 40.4. The van der Waals surface area contributed by atoms with Crippen LogP contribution in [0.1, 0.15) is 164 Å². The van der Waals surface area contributed by atoms with E-state index in [1.165, 1.54) is 58.4 Å². The molecule has 126 heavy (non-hydrogen) atoms. The molecule has 0 saturated carbocycles. The van der Waals surface area contributed by atoms with Gasteiger partial charge in [0, 0.05) is 145 Å². The first kappa shape index (κ1) is 102. The van der Waals surface area contributed by atoms with Gasteiger partial charge in [-0.2, -0.15) is 0 Å². The average Bonchev–Trinajstić information content (AvgIpc) is 1.69. The van der Waals surface area contributed by atoms with Crippen LogP contribution in [0.3, 0.4) is 0 Å². The first-order valence-corrected chi connectivity index (χ1v) is 41.3. The second kappa shape index (κ2) is 49.7. The largest absolute Gasteiger partial charge is 0.463 e. The van der Waals surface area contributed by atoms with Crippen LogP contribution in [0.15, 0.2) is 169 Å². The van der Waals surface area contributed by atoms with Gasteiger partial charge in [0.2, 0.25) is 65.0 Å². The molecule has 0 spiro atoms. The van der Waals surface area contributed by atoms with E-state index in [-0.39, 0.29) is 77.3 Å². The van der Waals surface area contributed by atoms with Gasteiger partial charge in [0.1, 0.15) is 30.2 Å². The molecular weight excluding hydrogens is 1700 g/mol. The molecule has 0 radical (unpaired) electrons. The fourth-order valence-electron chi connectivity index (χ4n) is 14.3. The van der Waals surface area contributed by atoms with Crippen molar-refractivity contribution >= 4 is 138 Å². The predicted octanol–water partition coefficient (Wildman–Crippen LogP) is 8.57. The summed E-state index contributed by atoms with van der Waals surface area (Å²) in [7, 11) is 0. The Balaban J connectivity index is 0.000000264. The number of ether oxygens (including phenoxy) is 1. The number of carbonyl (C=O) groups excluding carboxylic acids is 12. The van der Waals surface area contributed by atoms with Gasteiger partial charge in [-0.05, 0) is 131 Å². The number of nitro benzene ring substituents is 3. The monoisotopic (exact) mass is 1800 g/mol. The predicted molar refractivity (Wildman–Crippen MR) is 475 cm³/mol. The maximum Gasteiger partial charge on any atom is 0.331 e. The molecule has 5 heterocycles. The molecule has 3 saturated heterocycles. The van der Waals surface area contributed by atoms with E-state index >= 15 is 0 Å². The van der Waals surface area contributed by atoms with Gasteiger partial charge in [-0.1, -0.05) is 141 Å². The number of alkyl halides is 1. The number of azide groups is 1. The van der Waals surface area contributed by atoms with Crippen LogP contribution in [0.2, 0.25) is 0 Å². The third-order valence-electron chi connectivity index (χ3n) is 20.8. The lowest BCUT2D eigenvalue weighted by atomic mass is 9.98. The minimum atomic E-state index is -0.686. The van der Waals surface area contributed by atoms with E-state index < -0.39 is 92.4 Å². The Labute approximate surface area is 735 Å². The van der Waals surface area contributed by atoms with E-state index in [4.69, 9.17) is 61.9 Å². The van der Waals surface area contributed by atoms with E-state index in [0.29, 0.717) is 140 Å². The number of nitrogens with zero attached hydrogens (tertiary/aromatic N) is 11. The number of nitro groups is 3. The number of likely N-dealkylation sites (tertiary alicyclic amines) is 3. The number of nitrogen functional groups attached to an aromatic ring is 2. The second-order valence-corrected chi connectivity index (χ2v) is 29.8. The number of benzene rings is 6. The molecule has 672 valence electrons. The molecule has 0 bridgehead atoms. The van der Waals surface area contributed by atoms with Gasteiger partial charge >= 0.3 is 5.97 Å². The van der Waals surface area contributed by atoms with Crippen LogP contribution < -0.4 is 51.6 Å². The topological polar surface area (TPSA) is 643 Å². The van der Waals surface area contributed by atoms with Crippen LogP contribution in [0.5, 0.6) is 0 Å². The molecule has 5 aliphatic heterocycles. The third kappa shape index (κ3) is 29.5. The highest BCUT2D eigenvalue weighted by molar-refractivity contribution is 9.09. The highest BCUT2D eigenvalue weighted by atomic mass is 79.9.